The largest absolute Gasteiger partial charge is 0.494 e. The number of nitrogens with zero attached hydrogens (tertiary/aromatic N) is 1. The van der Waals surface area contributed by atoms with Gasteiger partial charge in [0.25, 0.3) is 5.56 Å². The van der Waals surface area contributed by atoms with Crippen molar-refractivity contribution in [1.29, 1.82) is 0 Å². The monoisotopic (exact) mass is 288 g/mol. The zero-order valence-corrected chi connectivity index (χ0v) is 11.6. The predicted octanol–water partition coefficient (Wildman–Crippen LogP) is 1.30. The molecule has 2 aromatic rings. The number of para-hydroxylation sites is 1. The molecule has 0 bridgehead atoms. The summed E-state index contributed by atoms with van der Waals surface area (Å²) < 4.78 is 11.7. The number of ether oxygens (including phenoxy) is 2. The number of hydrogen-bond donors (Lipinski definition) is 1. The topological polar surface area (TPSA) is 83.5 Å². The van der Waals surface area contributed by atoms with Crippen LogP contribution in [0.3, 0.4) is 0 Å². The average molecular weight is 288 g/mol. The van der Waals surface area contributed by atoms with E-state index in [0.717, 1.165) is 0 Å². The van der Waals surface area contributed by atoms with Crippen LogP contribution in [0, 0.1) is 0 Å². The van der Waals surface area contributed by atoms with Gasteiger partial charge in [-0.1, -0.05) is 12.1 Å². The molecule has 1 heterocycles. The lowest BCUT2D eigenvalue weighted by Gasteiger charge is -2.11. The molecule has 0 amide bonds. The van der Waals surface area contributed by atoms with E-state index >= 15 is 0 Å². The summed E-state index contributed by atoms with van der Waals surface area (Å²) in [5.41, 5.74) is 6.22. The molecule has 0 aliphatic rings. The second-order valence-electron chi connectivity index (χ2n) is 4.30. The number of esters is 1. The van der Waals surface area contributed by atoms with E-state index in [1.807, 2.05) is 0 Å². The molecule has 0 atom stereocenters. The minimum Gasteiger partial charge on any atom is -0.494 e. The zero-order valence-electron chi connectivity index (χ0n) is 11.6. The van der Waals surface area contributed by atoms with Gasteiger partial charge in [0.1, 0.15) is 12.2 Å². The lowest BCUT2D eigenvalue weighted by Crippen LogP contribution is -2.21. The number of methoxy groups -OCH3 is 1. The molecule has 1 aromatic heterocycles. The van der Waals surface area contributed by atoms with Crippen molar-refractivity contribution in [1.82, 2.24) is 4.57 Å². The summed E-state index contributed by atoms with van der Waals surface area (Å²) in [7, 11) is 1.44. The fraction of sp³-hybridized carbons (Fsp3) is 0.200. The highest BCUT2D eigenvalue weighted by Crippen LogP contribution is 2.26. The van der Waals surface area contributed by atoms with Crippen LogP contribution in [0.4, 0.5) is 5.69 Å². The van der Waals surface area contributed by atoms with Gasteiger partial charge in [0.05, 0.1) is 19.3 Å². The molecule has 0 saturated heterocycles. The van der Waals surface area contributed by atoms with Crippen molar-refractivity contribution in [3.8, 4) is 5.75 Å². The van der Waals surface area contributed by atoms with Crippen LogP contribution in [0.25, 0.3) is 0 Å². The average Bonchev–Trinajstić information content (AvgIpc) is 2.48. The Hall–Kier alpha value is -2.76. The summed E-state index contributed by atoms with van der Waals surface area (Å²) in [4.78, 5) is 23.5. The molecule has 0 aliphatic heterocycles. The van der Waals surface area contributed by atoms with E-state index < -0.39 is 5.97 Å². The third-order valence-corrected chi connectivity index (χ3v) is 2.93. The molecule has 2 N–H and O–H groups in total. The Labute approximate surface area is 121 Å². The number of nitrogens with two attached hydrogens (primary N) is 1. The highest BCUT2D eigenvalue weighted by atomic mass is 16.5. The number of aromatic nitrogens is 1. The Bertz CT molecular complexity index is 694. The third kappa shape index (κ3) is 3.42. The maximum Gasteiger partial charge on any atom is 0.342 e. The standard InChI is InChI=1S/C15H16N2O4/c1-20-14-11(5-4-6-12(14)16)15(19)21-10-9-17-8-3-2-7-13(17)18/h2-8H,9-10,16H2,1H3. The van der Waals surface area contributed by atoms with Crippen LogP contribution in [0.15, 0.2) is 47.4 Å². The van der Waals surface area contributed by atoms with Gasteiger partial charge >= 0.3 is 5.97 Å². The van der Waals surface area contributed by atoms with Crippen LogP contribution in [0.5, 0.6) is 5.75 Å². The van der Waals surface area contributed by atoms with Gasteiger partial charge in [-0.05, 0) is 18.2 Å². The second kappa shape index (κ2) is 6.60. The SMILES string of the molecule is COc1c(N)cccc1C(=O)OCCn1ccccc1=O. The summed E-state index contributed by atoms with van der Waals surface area (Å²) in [6, 6.07) is 9.71. The lowest BCUT2D eigenvalue weighted by atomic mass is 10.2. The minimum absolute atomic E-state index is 0.0840. The maximum atomic E-state index is 12.0. The molecule has 6 nitrogen and oxygen atoms in total. The number of rotatable bonds is 5. The van der Waals surface area contributed by atoms with Gasteiger partial charge in [0.2, 0.25) is 0 Å². The second-order valence-corrected chi connectivity index (χ2v) is 4.30. The molecule has 0 aliphatic carbocycles. The van der Waals surface area contributed by atoms with Gasteiger partial charge in [-0.15, -0.1) is 0 Å². The number of pyridine rings is 1. The Kier molecular flexibility index (Phi) is 4.61. The van der Waals surface area contributed by atoms with Crippen molar-refractivity contribution < 1.29 is 14.3 Å². The van der Waals surface area contributed by atoms with Gasteiger partial charge < -0.3 is 19.8 Å². The van der Waals surface area contributed by atoms with Gasteiger partial charge in [-0.2, -0.15) is 0 Å². The van der Waals surface area contributed by atoms with Crippen LogP contribution >= 0.6 is 0 Å². The summed E-state index contributed by atoms with van der Waals surface area (Å²) in [5.74, 6) is -0.248. The van der Waals surface area contributed by atoms with E-state index in [9.17, 15) is 9.59 Å². The van der Waals surface area contributed by atoms with E-state index in [1.54, 1.807) is 36.5 Å². The molecule has 6 heteroatoms. The molecule has 0 unspecified atom stereocenters. The summed E-state index contributed by atoms with van der Waals surface area (Å²) in [5, 5.41) is 0. The summed E-state index contributed by atoms with van der Waals surface area (Å²) in [6.07, 6.45) is 1.64. The molecule has 21 heavy (non-hydrogen) atoms. The van der Waals surface area contributed by atoms with Crippen LogP contribution < -0.4 is 16.0 Å². The van der Waals surface area contributed by atoms with E-state index in [4.69, 9.17) is 15.2 Å². The number of hydrogen-bond acceptors (Lipinski definition) is 5. The molecule has 0 fully saturated rings. The van der Waals surface area contributed by atoms with Crippen molar-refractivity contribution in [3.63, 3.8) is 0 Å². The van der Waals surface area contributed by atoms with Crippen LogP contribution in [-0.2, 0) is 11.3 Å². The predicted molar refractivity (Wildman–Crippen MR) is 78.4 cm³/mol. The molecular formula is C15H16N2O4. The summed E-state index contributed by atoms with van der Waals surface area (Å²) in [6.45, 7) is 0.372. The zero-order chi connectivity index (χ0) is 15.2. The van der Waals surface area contributed by atoms with Gasteiger partial charge in [-0.25, -0.2) is 4.79 Å². The Balaban J connectivity index is 2.01. The molecule has 0 radical (unpaired) electrons. The molecule has 0 saturated carbocycles. The van der Waals surface area contributed by atoms with Gasteiger partial charge in [0.15, 0.2) is 5.75 Å². The highest BCUT2D eigenvalue weighted by molar-refractivity contribution is 5.94. The first-order valence-corrected chi connectivity index (χ1v) is 6.38. The van der Waals surface area contributed by atoms with E-state index in [1.165, 1.54) is 17.7 Å². The smallest absolute Gasteiger partial charge is 0.342 e. The molecule has 2 rings (SSSR count). The summed E-state index contributed by atoms with van der Waals surface area (Å²) >= 11 is 0. The molecule has 1 aromatic carbocycles. The quantitative estimate of drug-likeness (QED) is 0.662. The van der Waals surface area contributed by atoms with E-state index in [0.29, 0.717) is 11.4 Å². The van der Waals surface area contributed by atoms with Gasteiger partial charge in [0, 0.05) is 12.3 Å². The number of anilines is 1. The van der Waals surface area contributed by atoms with Crippen molar-refractivity contribution >= 4 is 11.7 Å². The Morgan fingerprint density at radius 1 is 1.24 bits per heavy atom. The molecular weight excluding hydrogens is 272 g/mol. The number of nitrogen functional groups attached to an aromatic ring is 1. The van der Waals surface area contributed by atoms with Crippen molar-refractivity contribution in [2.24, 2.45) is 0 Å². The Morgan fingerprint density at radius 3 is 2.76 bits per heavy atom. The van der Waals surface area contributed by atoms with Crippen LogP contribution in [-0.4, -0.2) is 24.3 Å². The van der Waals surface area contributed by atoms with E-state index in [-0.39, 0.29) is 24.3 Å². The fourth-order valence-corrected chi connectivity index (χ4v) is 1.90. The normalized spacial score (nSPS) is 10.1. The first kappa shape index (κ1) is 14.6. The van der Waals surface area contributed by atoms with Crippen LogP contribution in [0.1, 0.15) is 10.4 Å². The van der Waals surface area contributed by atoms with Crippen molar-refractivity contribution in [2.45, 2.75) is 6.54 Å². The fourth-order valence-electron chi connectivity index (χ4n) is 1.90. The first-order chi connectivity index (χ1) is 10.1. The van der Waals surface area contributed by atoms with Crippen molar-refractivity contribution in [3.05, 3.63) is 58.5 Å². The third-order valence-electron chi connectivity index (χ3n) is 2.93. The molecule has 0 spiro atoms. The first-order valence-electron chi connectivity index (χ1n) is 6.38. The number of carbonyl (C=O) groups excluding carboxylic acids is 1. The number of benzene rings is 1. The molecule has 110 valence electrons. The van der Waals surface area contributed by atoms with Crippen molar-refractivity contribution in [2.75, 3.05) is 19.5 Å². The van der Waals surface area contributed by atoms with E-state index in [2.05, 4.69) is 0 Å². The lowest BCUT2D eigenvalue weighted by molar-refractivity contribution is 0.0487. The minimum atomic E-state index is -0.539. The van der Waals surface area contributed by atoms with Gasteiger partial charge in [-0.3, -0.25) is 4.79 Å². The van der Waals surface area contributed by atoms with Crippen LogP contribution in [0.2, 0.25) is 0 Å². The Morgan fingerprint density at radius 2 is 2.05 bits per heavy atom. The number of carbonyl (C=O) groups is 1. The maximum absolute atomic E-state index is 12.0. The highest BCUT2D eigenvalue weighted by Gasteiger charge is 2.15.